The summed E-state index contributed by atoms with van der Waals surface area (Å²) >= 11 is 4.73. The number of carbonyl (C=O) groups excluding carboxylic acids is 1. The summed E-state index contributed by atoms with van der Waals surface area (Å²) in [4.78, 5) is 26.9. The number of nitrogens with two attached hydrogens (primary N) is 1. The lowest BCUT2D eigenvalue weighted by atomic mass is 10.2. The molecule has 0 unspecified atom stereocenters. The average Bonchev–Trinajstić information content (AvgIpc) is 2.26. The number of hydrogen-bond acceptors (Lipinski definition) is 3. The summed E-state index contributed by atoms with van der Waals surface area (Å²) in [7, 11) is 1.66. The predicted octanol–water partition coefficient (Wildman–Crippen LogP) is 0.123. The summed E-state index contributed by atoms with van der Waals surface area (Å²) in [5.41, 5.74) is 5.55. The van der Waals surface area contributed by atoms with Crippen molar-refractivity contribution >= 4 is 23.1 Å². The van der Waals surface area contributed by atoms with E-state index in [4.69, 9.17) is 18.0 Å². The van der Waals surface area contributed by atoms with Gasteiger partial charge in [0.2, 0.25) is 5.56 Å². The number of carbonyl (C=O) groups is 1. The van der Waals surface area contributed by atoms with Gasteiger partial charge in [-0.25, -0.2) is 0 Å². The molecule has 1 heterocycles. The Morgan fingerprint density at radius 3 is 2.75 bits per heavy atom. The molecule has 0 saturated heterocycles. The second-order valence-corrected chi connectivity index (χ2v) is 3.91. The molecule has 1 rings (SSSR count). The van der Waals surface area contributed by atoms with Gasteiger partial charge in [-0.2, -0.15) is 0 Å². The van der Waals surface area contributed by atoms with Gasteiger partial charge in [-0.15, -0.1) is 0 Å². The minimum atomic E-state index is -0.234. The van der Waals surface area contributed by atoms with Crippen LogP contribution in [0.5, 0.6) is 0 Å². The van der Waals surface area contributed by atoms with E-state index in [0.29, 0.717) is 23.5 Å². The maximum atomic E-state index is 11.8. The van der Waals surface area contributed by atoms with Crippen LogP contribution in [0.2, 0.25) is 0 Å². The minimum Gasteiger partial charge on any atom is -0.393 e. The summed E-state index contributed by atoms with van der Waals surface area (Å²) in [6.45, 7) is 0.466. The number of thiocarbonyl (C=S) groups is 1. The summed E-state index contributed by atoms with van der Waals surface area (Å²) in [5, 5.41) is 0. The first kappa shape index (κ1) is 12.4. The number of H-pyrrole nitrogens is 1. The lowest BCUT2D eigenvalue weighted by molar-refractivity contribution is 0.0798. The van der Waals surface area contributed by atoms with Crippen LogP contribution in [0.25, 0.3) is 0 Å². The molecule has 0 bridgehead atoms. The van der Waals surface area contributed by atoms with Crippen molar-refractivity contribution in [2.75, 3.05) is 13.6 Å². The highest BCUT2D eigenvalue weighted by atomic mass is 32.1. The molecule has 0 atom stereocenters. The fourth-order valence-electron chi connectivity index (χ4n) is 1.14. The van der Waals surface area contributed by atoms with E-state index in [9.17, 15) is 9.59 Å². The number of aromatic nitrogens is 1. The van der Waals surface area contributed by atoms with Crippen molar-refractivity contribution in [3.63, 3.8) is 0 Å². The van der Waals surface area contributed by atoms with E-state index in [1.54, 1.807) is 7.05 Å². The lowest BCUT2D eigenvalue weighted by Gasteiger charge is -2.16. The van der Waals surface area contributed by atoms with E-state index in [1.165, 1.54) is 23.2 Å². The van der Waals surface area contributed by atoms with Crippen molar-refractivity contribution in [1.82, 2.24) is 9.88 Å². The first-order valence-corrected chi connectivity index (χ1v) is 5.14. The quantitative estimate of drug-likeness (QED) is 0.732. The number of pyridine rings is 1. The van der Waals surface area contributed by atoms with Crippen LogP contribution in [-0.4, -0.2) is 34.4 Å². The van der Waals surface area contributed by atoms with Crippen LogP contribution in [0.3, 0.4) is 0 Å². The molecule has 0 fully saturated rings. The number of amides is 1. The van der Waals surface area contributed by atoms with E-state index >= 15 is 0 Å². The molecule has 1 aromatic rings. The Kier molecular flexibility index (Phi) is 4.19. The fraction of sp³-hybridized carbons (Fsp3) is 0.300. The molecule has 0 aliphatic rings. The molecule has 0 radical (unpaired) electrons. The summed E-state index contributed by atoms with van der Waals surface area (Å²) in [5.74, 6) is -0.174. The highest BCUT2D eigenvalue weighted by molar-refractivity contribution is 7.80. The zero-order valence-corrected chi connectivity index (χ0v) is 9.71. The molecule has 86 valence electrons. The molecule has 0 aliphatic carbocycles. The molecule has 5 nitrogen and oxygen atoms in total. The minimum absolute atomic E-state index is 0.174. The highest BCUT2D eigenvalue weighted by Crippen LogP contribution is 2.00. The van der Waals surface area contributed by atoms with Crippen LogP contribution >= 0.6 is 12.2 Å². The van der Waals surface area contributed by atoms with Crippen molar-refractivity contribution in [1.29, 1.82) is 0 Å². The van der Waals surface area contributed by atoms with Gasteiger partial charge >= 0.3 is 0 Å². The van der Waals surface area contributed by atoms with Gasteiger partial charge in [0.05, 0.1) is 10.6 Å². The lowest BCUT2D eigenvalue weighted by Crippen LogP contribution is -2.30. The van der Waals surface area contributed by atoms with Gasteiger partial charge in [-0.3, -0.25) is 9.59 Å². The van der Waals surface area contributed by atoms with Crippen LogP contribution in [0, 0.1) is 0 Å². The number of hydrogen-bond donors (Lipinski definition) is 2. The Morgan fingerprint density at radius 2 is 2.25 bits per heavy atom. The fourth-order valence-corrected chi connectivity index (χ4v) is 1.23. The van der Waals surface area contributed by atoms with Gasteiger partial charge in [0.15, 0.2) is 0 Å². The van der Waals surface area contributed by atoms with E-state index in [1.807, 2.05) is 0 Å². The molecule has 0 aromatic carbocycles. The zero-order valence-electron chi connectivity index (χ0n) is 8.90. The molecule has 16 heavy (non-hydrogen) atoms. The molecule has 3 N–H and O–H groups in total. The molecular weight excluding hydrogens is 226 g/mol. The van der Waals surface area contributed by atoms with Crippen molar-refractivity contribution in [3.05, 3.63) is 34.2 Å². The Balaban J connectivity index is 2.66. The Bertz CT molecular complexity index is 435. The third kappa shape index (κ3) is 3.47. The Labute approximate surface area is 98.3 Å². The van der Waals surface area contributed by atoms with E-state index < -0.39 is 0 Å². The number of nitrogens with one attached hydrogen (secondary N) is 1. The molecule has 0 aliphatic heterocycles. The second-order valence-electron chi connectivity index (χ2n) is 3.38. The highest BCUT2D eigenvalue weighted by Gasteiger charge is 2.11. The predicted molar refractivity (Wildman–Crippen MR) is 65.4 cm³/mol. The number of aromatic amines is 1. The third-order valence-corrected chi connectivity index (χ3v) is 2.28. The first-order valence-electron chi connectivity index (χ1n) is 4.73. The van der Waals surface area contributed by atoms with Crippen LogP contribution in [-0.2, 0) is 0 Å². The van der Waals surface area contributed by atoms with Crippen LogP contribution < -0.4 is 11.3 Å². The monoisotopic (exact) mass is 239 g/mol. The first-order chi connectivity index (χ1) is 7.50. The van der Waals surface area contributed by atoms with Gasteiger partial charge in [0.1, 0.15) is 0 Å². The van der Waals surface area contributed by atoms with E-state index in [-0.39, 0.29) is 11.5 Å². The van der Waals surface area contributed by atoms with Gasteiger partial charge in [0, 0.05) is 32.3 Å². The Hall–Kier alpha value is -1.69. The van der Waals surface area contributed by atoms with Crippen molar-refractivity contribution in [2.45, 2.75) is 6.42 Å². The SMILES string of the molecule is CN(CCC(N)=S)C(=O)c1ccc(=O)[nH]c1. The second kappa shape index (κ2) is 5.41. The third-order valence-electron chi connectivity index (χ3n) is 2.07. The summed E-state index contributed by atoms with van der Waals surface area (Å²) in [6.07, 6.45) is 1.88. The maximum absolute atomic E-state index is 11.8. The van der Waals surface area contributed by atoms with Crippen LogP contribution in [0.15, 0.2) is 23.1 Å². The van der Waals surface area contributed by atoms with Crippen LogP contribution in [0.1, 0.15) is 16.8 Å². The summed E-state index contributed by atoms with van der Waals surface area (Å²) < 4.78 is 0. The maximum Gasteiger partial charge on any atom is 0.255 e. The molecule has 0 spiro atoms. The molecular formula is C10H13N3O2S. The standard InChI is InChI=1S/C10H13N3O2S/c1-13(5-4-8(11)16)10(15)7-2-3-9(14)12-6-7/h2-3,6H,4-5H2,1H3,(H2,11,16)(H,12,14). The summed E-state index contributed by atoms with van der Waals surface area (Å²) in [6, 6.07) is 2.80. The van der Waals surface area contributed by atoms with Crippen molar-refractivity contribution < 1.29 is 4.79 Å². The largest absolute Gasteiger partial charge is 0.393 e. The van der Waals surface area contributed by atoms with E-state index in [2.05, 4.69) is 4.98 Å². The van der Waals surface area contributed by atoms with Crippen molar-refractivity contribution in [3.8, 4) is 0 Å². The van der Waals surface area contributed by atoms with Crippen LogP contribution in [0.4, 0.5) is 0 Å². The molecule has 6 heteroatoms. The molecule has 1 amide bonds. The zero-order chi connectivity index (χ0) is 12.1. The van der Waals surface area contributed by atoms with Gasteiger partial charge in [0.25, 0.3) is 5.91 Å². The smallest absolute Gasteiger partial charge is 0.255 e. The molecule has 0 saturated carbocycles. The average molecular weight is 239 g/mol. The number of nitrogens with zero attached hydrogens (tertiary/aromatic N) is 1. The van der Waals surface area contributed by atoms with E-state index in [0.717, 1.165) is 0 Å². The van der Waals surface area contributed by atoms with Gasteiger partial charge in [-0.05, 0) is 6.07 Å². The molecule has 1 aromatic heterocycles. The normalized spacial score (nSPS) is 9.81. The van der Waals surface area contributed by atoms with Gasteiger partial charge < -0.3 is 15.6 Å². The topological polar surface area (TPSA) is 79.2 Å². The number of rotatable bonds is 4. The van der Waals surface area contributed by atoms with Gasteiger partial charge in [-0.1, -0.05) is 12.2 Å². The Morgan fingerprint density at radius 1 is 1.56 bits per heavy atom. The van der Waals surface area contributed by atoms with Crippen molar-refractivity contribution in [2.24, 2.45) is 5.73 Å².